The SMILES string of the molecule is CC(N)C(=O)NC(Cc1c[nH]c2ccccc12)C(=O)NC(CCC(=O)O)C(=O)NC(CC(N)=O)C(=O)O. The highest BCUT2D eigenvalue weighted by Gasteiger charge is 2.31. The molecule has 14 heteroatoms. The van der Waals surface area contributed by atoms with E-state index in [0.29, 0.717) is 5.56 Å². The van der Waals surface area contributed by atoms with Crippen molar-refractivity contribution in [3.05, 3.63) is 36.0 Å². The van der Waals surface area contributed by atoms with Crippen LogP contribution in [-0.2, 0) is 35.2 Å². The summed E-state index contributed by atoms with van der Waals surface area (Å²) in [6, 6.07) is 1.92. The fourth-order valence-corrected chi connectivity index (χ4v) is 3.52. The molecule has 0 aliphatic carbocycles. The zero-order valence-corrected chi connectivity index (χ0v) is 20.0. The van der Waals surface area contributed by atoms with Gasteiger partial charge in [-0.3, -0.25) is 24.0 Å². The molecule has 0 spiro atoms. The molecule has 1 heterocycles. The van der Waals surface area contributed by atoms with Crippen LogP contribution in [-0.4, -0.2) is 74.9 Å². The lowest BCUT2D eigenvalue weighted by Crippen LogP contribution is -2.57. The molecule has 0 aliphatic rings. The van der Waals surface area contributed by atoms with Gasteiger partial charge in [0.05, 0.1) is 12.5 Å². The summed E-state index contributed by atoms with van der Waals surface area (Å²) in [6.45, 7) is 1.42. The highest BCUT2D eigenvalue weighted by atomic mass is 16.4. The number of carbonyl (C=O) groups excluding carboxylic acids is 4. The Morgan fingerprint density at radius 2 is 1.51 bits per heavy atom. The fourth-order valence-electron chi connectivity index (χ4n) is 3.52. The molecule has 0 aliphatic heterocycles. The van der Waals surface area contributed by atoms with Gasteiger partial charge in [0.1, 0.15) is 18.1 Å². The number of nitrogens with two attached hydrogens (primary N) is 2. The van der Waals surface area contributed by atoms with E-state index in [9.17, 15) is 33.9 Å². The van der Waals surface area contributed by atoms with Crippen molar-refractivity contribution in [2.24, 2.45) is 11.5 Å². The second kappa shape index (κ2) is 13.0. The summed E-state index contributed by atoms with van der Waals surface area (Å²) in [5.74, 6) is -6.30. The van der Waals surface area contributed by atoms with E-state index in [1.54, 1.807) is 12.3 Å². The van der Waals surface area contributed by atoms with Gasteiger partial charge in [-0.1, -0.05) is 18.2 Å². The first-order valence-electron chi connectivity index (χ1n) is 11.3. The highest BCUT2D eigenvalue weighted by Crippen LogP contribution is 2.19. The third-order valence-corrected chi connectivity index (χ3v) is 5.45. The minimum Gasteiger partial charge on any atom is -0.481 e. The third-order valence-electron chi connectivity index (χ3n) is 5.45. The Morgan fingerprint density at radius 1 is 0.919 bits per heavy atom. The number of primary amides is 1. The predicted octanol–water partition coefficient (Wildman–Crippen LogP) is -1.66. The van der Waals surface area contributed by atoms with Crippen molar-refractivity contribution in [1.29, 1.82) is 0 Å². The number of rotatable bonds is 14. The summed E-state index contributed by atoms with van der Waals surface area (Å²) in [7, 11) is 0. The minimum atomic E-state index is -1.69. The summed E-state index contributed by atoms with van der Waals surface area (Å²) in [6.07, 6.45) is 0.0241. The van der Waals surface area contributed by atoms with Crippen LogP contribution in [0.15, 0.2) is 30.5 Å². The zero-order chi connectivity index (χ0) is 27.7. The lowest BCUT2D eigenvalue weighted by Gasteiger charge is -2.24. The number of nitrogens with one attached hydrogen (secondary N) is 4. The molecular formula is C23H30N6O8. The number of benzene rings is 1. The number of carbonyl (C=O) groups is 6. The number of carboxylic acid groups (broad SMARTS) is 2. The van der Waals surface area contributed by atoms with Gasteiger partial charge in [-0.05, 0) is 25.0 Å². The maximum absolute atomic E-state index is 13.2. The Hall–Kier alpha value is -4.46. The first kappa shape index (κ1) is 28.8. The van der Waals surface area contributed by atoms with Gasteiger partial charge in [0.25, 0.3) is 0 Å². The smallest absolute Gasteiger partial charge is 0.326 e. The number of amides is 4. The summed E-state index contributed by atoms with van der Waals surface area (Å²) in [5.41, 5.74) is 12.1. The van der Waals surface area contributed by atoms with E-state index in [0.717, 1.165) is 10.9 Å². The Balaban J connectivity index is 2.29. The van der Waals surface area contributed by atoms with Gasteiger partial charge < -0.3 is 42.6 Å². The molecule has 4 unspecified atom stereocenters. The van der Waals surface area contributed by atoms with Gasteiger partial charge in [0.2, 0.25) is 23.6 Å². The van der Waals surface area contributed by atoms with Crippen LogP contribution in [0.1, 0.15) is 31.7 Å². The van der Waals surface area contributed by atoms with E-state index < -0.39 is 79.0 Å². The first-order valence-corrected chi connectivity index (χ1v) is 11.3. The molecule has 2 rings (SSSR count). The van der Waals surface area contributed by atoms with Gasteiger partial charge in [0, 0.05) is 29.9 Å². The Bertz CT molecular complexity index is 1180. The number of para-hydroxylation sites is 1. The number of hydrogen-bond donors (Lipinski definition) is 8. The number of aromatic amines is 1. The summed E-state index contributed by atoms with van der Waals surface area (Å²) >= 11 is 0. The van der Waals surface area contributed by atoms with E-state index in [4.69, 9.17) is 16.6 Å². The summed E-state index contributed by atoms with van der Waals surface area (Å²) in [5, 5.41) is 26.1. The number of aromatic nitrogens is 1. The lowest BCUT2D eigenvalue weighted by molar-refractivity contribution is -0.144. The third kappa shape index (κ3) is 8.61. The van der Waals surface area contributed by atoms with E-state index in [-0.39, 0.29) is 6.42 Å². The zero-order valence-electron chi connectivity index (χ0n) is 20.0. The van der Waals surface area contributed by atoms with Crippen molar-refractivity contribution in [1.82, 2.24) is 20.9 Å². The topological polar surface area (TPSA) is 247 Å². The fraction of sp³-hybridized carbons (Fsp3) is 0.391. The molecule has 0 radical (unpaired) electrons. The van der Waals surface area contributed by atoms with Crippen molar-refractivity contribution in [3.63, 3.8) is 0 Å². The lowest BCUT2D eigenvalue weighted by atomic mass is 10.0. The number of hydrogen-bond acceptors (Lipinski definition) is 7. The van der Waals surface area contributed by atoms with E-state index in [1.165, 1.54) is 6.92 Å². The molecule has 0 bridgehead atoms. The normalized spacial score (nSPS) is 14.1. The molecule has 4 amide bonds. The summed E-state index contributed by atoms with van der Waals surface area (Å²) < 4.78 is 0. The number of aliphatic carboxylic acids is 2. The molecule has 2 aromatic rings. The van der Waals surface area contributed by atoms with Gasteiger partial charge in [-0.15, -0.1) is 0 Å². The van der Waals surface area contributed by atoms with Crippen LogP contribution >= 0.6 is 0 Å². The predicted molar refractivity (Wildman–Crippen MR) is 130 cm³/mol. The second-order valence-corrected chi connectivity index (χ2v) is 8.48. The van der Waals surface area contributed by atoms with Crippen LogP contribution in [0.5, 0.6) is 0 Å². The Labute approximate surface area is 211 Å². The molecule has 37 heavy (non-hydrogen) atoms. The van der Waals surface area contributed by atoms with Gasteiger partial charge in [0.15, 0.2) is 0 Å². The largest absolute Gasteiger partial charge is 0.481 e. The van der Waals surface area contributed by atoms with Crippen molar-refractivity contribution in [3.8, 4) is 0 Å². The average Bonchev–Trinajstić information content (AvgIpc) is 3.22. The number of fused-ring (bicyclic) bond motifs is 1. The van der Waals surface area contributed by atoms with Crippen LogP contribution in [0.25, 0.3) is 10.9 Å². The maximum Gasteiger partial charge on any atom is 0.326 e. The molecule has 10 N–H and O–H groups in total. The number of H-pyrrole nitrogens is 1. The maximum atomic E-state index is 13.2. The monoisotopic (exact) mass is 518 g/mol. The molecule has 1 aromatic carbocycles. The molecule has 1 aromatic heterocycles. The molecule has 14 nitrogen and oxygen atoms in total. The second-order valence-electron chi connectivity index (χ2n) is 8.48. The first-order chi connectivity index (χ1) is 17.4. The van der Waals surface area contributed by atoms with Crippen molar-refractivity contribution >= 4 is 46.5 Å². The van der Waals surface area contributed by atoms with Gasteiger partial charge in [-0.2, -0.15) is 0 Å². The molecule has 0 fully saturated rings. The van der Waals surface area contributed by atoms with Crippen molar-refractivity contribution < 1.29 is 39.0 Å². The number of carboxylic acids is 2. The van der Waals surface area contributed by atoms with Crippen LogP contribution < -0.4 is 27.4 Å². The Kier molecular flexibility index (Phi) is 10.1. The van der Waals surface area contributed by atoms with E-state index >= 15 is 0 Å². The van der Waals surface area contributed by atoms with E-state index in [1.807, 2.05) is 18.2 Å². The van der Waals surface area contributed by atoms with E-state index in [2.05, 4.69) is 20.9 Å². The average molecular weight is 519 g/mol. The van der Waals surface area contributed by atoms with Crippen molar-refractivity contribution in [2.75, 3.05) is 0 Å². The van der Waals surface area contributed by atoms with Crippen molar-refractivity contribution in [2.45, 2.75) is 56.8 Å². The van der Waals surface area contributed by atoms with Gasteiger partial charge in [-0.25, -0.2) is 4.79 Å². The van der Waals surface area contributed by atoms with Crippen LogP contribution in [0, 0.1) is 0 Å². The quantitative estimate of drug-likeness (QED) is 0.142. The molecular weight excluding hydrogens is 488 g/mol. The standard InChI is InChI=1S/C23H30N6O8/c1-11(24)20(33)28-16(8-12-10-26-14-5-3-2-4-13(12)14)22(35)27-15(6-7-19(31)32)21(34)29-17(23(36)37)9-18(25)30/h2-5,10-11,15-17,26H,6-9,24H2,1H3,(H2,25,30)(H,27,35)(H,28,33)(H,29,34)(H,31,32)(H,36,37). The van der Waals surface area contributed by atoms with Gasteiger partial charge >= 0.3 is 11.9 Å². The Morgan fingerprint density at radius 3 is 2.11 bits per heavy atom. The highest BCUT2D eigenvalue weighted by molar-refractivity contribution is 5.95. The molecule has 0 saturated heterocycles. The molecule has 4 atom stereocenters. The minimum absolute atomic E-state index is 0.000995. The molecule has 0 saturated carbocycles. The summed E-state index contributed by atoms with van der Waals surface area (Å²) in [4.78, 5) is 75.0. The molecule has 200 valence electrons. The van der Waals surface area contributed by atoms with Crippen LogP contribution in [0.4, 0.5) is 0 Å². The van der Waals surface area contributed by atoms with Crippen LogP contribution in [0.3, 0.4) is 0 Å². The van der Waals surface area contributed by atoms with Crippen LogP contribution in [0.2, 0.25) is 0 Å².